The number of hydrogen-bond donors (Lipinski definition) is 2. The van der Waals surface area contributed by atoms with Crippen LogP contribution in [0.1, 0.15) is 58.4 Å². The molecule has 1 saturated carbocycles. The zero-order valence-corrected chi connectivity index (χ0v) is 29.7. The van der Waals surface area contributed by atoms with Gasteiger partial charge >= 0.3 is 6.03 Å². The predicted octanol–water partition coefficient (Wildman–Crippen LogP) is 7.35. The summed E-state index contributed by atoms with van der Waals surface area (Å²) in [7, 11) is 7.86. The van der Waals surface area contributed by atoms with Crippen LogP contribution < -0.4 is 20.4 Å². The van der Waals surface area contributed by atoms with Crippen molar-refractivity contribution < 1.29 is 9.59 Å². The highest BCUT2D eigenvalue weighted by atomic mass is 32.1. The van der Waals surface area contributed by atoms with Crippen LogP contribution in [-0.4, -0.2) is 80.4 Å². The highest BCUT2D eigenvalue weighted by Gasteiger charge is 2.31. The third-order valence-corrected chi connectivity index (χ3v) is 8.64. The maximum atomic E-state index is 13.1. The van der Waals surface area contributed by atoms with Crippen molar-refractivity contribution in [3.05, 3.63) is 64.8 Å². The van der Waals surface area contributed by atoms with Gasteiger partial charge in [0.15, 0.2) is 0 Å². The van der Waals surface area contributed by atoms with E-state index in [0.29, 0.717) is 23.9 Å². The van der Waals surface area contributed by atoms with E-state index in [1.165, 1.54) is 36.7 Å². The minimum atomic E-state index is -0.274. The first-order valence-corrected chi connectivity index (χ1v) is 17.0. The Balaban J connectivity index is 0.00000105. The van der Waals surface area contributed by atoms with Crippen LogP contribution in [0.5, 0.6) is 0 Å². The molecule has 250 valence electrons. The van der Waals surface area contributed by atoms with Crippen LogP contribution in [0.25, 0.3) is 0 Å². The average molecular weight is 649 g/mol. The molecule has 1 aliphatic heterocycles. The molecule has 2 fully saturated rings. The molecule has 1 aromatic carbocycles. The van der Waals surface area contributed by atoms with Gasteiger partial charge in [-0.3, -0.25) is 14.6 Å². The van der Waals surface area contributed by atoms with E-state index in [2.05, 4.69) is 58.0 Å². The highest BCUT2D eigenvalue weighted by molar-refractivity contribution is 7.07. The fraction of sp³-hybridized carbons (Fsp3) is 0.486. The molecule has 2 heterocycles. The summed E-state index contributed by atoms with van der Waals surface area (Å²) >= 11 is 1.45. The van der Waals surface area contributed by atoms with Crippen molar-refractivity contribution in [2.75, 3.05) is 68.3 Å². The third-order valence-electron chi connectivity index (χ3n) is 8.06. The summed E-state index contributed by atoms with van der Waals surface area (Å²) in [5.41, 5.74) is 6.95. The zero-order valence-electron chi connectivity index (χ0n) is 28.9. The molecule has 11 heteroatoms. The van der Waals surface area contributed by atoms with E-state index in [4.69, 9.17) is 4.99 Å². The monoisotopic (exact) mass is 648 g/mol. The maximum absolute atomic E-state index is 13.1. The zero-order chi connectivity index (χ0) is 33.8. The van der Waals surface area contributed by atoms with Crippen LogP contribution in [0.4, 0.5) is 27.7 Å². The second-order valence-corrected chi connectivity index (χ2v) is 13.0. The number of likely N-dealkylation sites (N-methyl/N-ethyl adjacent to an activating group) is 3. The van der Waals surface area contributed by atoms with E-state index in [1.807, 2.05) is 52.6 Å². The van der Waals surface area contributed by atoms with Gasteiger partial charge in [0.05, 0.1) is 23.4 Å². The van der Waals surface area contributed by atoms with Gasteiger partial charge in [-0.1, -0.05) is 52.2 Å². The van der Waals surface area contributed by atoms with Crippen molar-refractivity contribution in [3.8, 4) is 0 Å². The van der Waals surface area contributed by atoms with E-state index >= 15 is 0 Å². The molecule has 0 unspecified atom stereocenters. The molecular weight excluding hydrogens is 597 g/mol. The van der Waals surface area contributed by atoms with E-state index in [0.717, 1.165) is 60.1 Å². The molecule has 0 bridgehead atoms. The van der Waals surface area contributed by atoms with Crippen molar-refractivity contribution in [1.82, 2.24) is 14.8 Å². The fourth-order valence-corrected chi connectivity index (χ4v) is 5.44. The number of amides is 3. The Morgan fingerprint density at radius 2 is 1.91 bits per heavy atom. The minimum Gasteiger partial charge on any atom is -0.372 e. The first-order chi connectivity index (χ1) is 21.9. The van der Waals surface area contributed by atoms with Crippen molar-refractivity contribution >= 4 is 52.0 Å². The number of carbonyl (C=O) groups excluding carboxylic acids is 2. The molecule has 3 amide bonds. The average Bonchev–Trinajstić information content (AvgIpc) is 3.55. The Bertz CT molecular complexity index is 1430. The molecule has 0 atom stereocenters. The van der Waals surface area contributed by atoms with Crippen LogP contribution in [0.3, 0.4) is 0 Å². The lowest BCUT2D eigenvalue weighted by molar-refractivity contribution is -0.111. The topological polar surface area (TPSA) is 96.4 Å². The Hall–Kier alpha value is -3.96. The van der Waals surface area contributed by atoms with Gasteiger partial charge in [0.1, 0.15) is 11.7 Å². The quantitative estimate of drug-likeness (QED) is 0.150. The number of aromatic nitrogens is 1. The number of unbranched alkanes of at least 4 members (excludes halogenated alkanes) is 1. The maximum Gasteiger partial charge on any atom is 0.330 e. The number of hydrogen-bond acceptors (Lipinski definition) is 7. The molecule has 2 N–H and O–H groups in total. The number of urea groups is 1. The summed E-state index contributed by atoms with van der Waals surface area (Å²) in [6.45, 7) is 14.0. The van der Waals surface area contributed by atoms with Gasteiger partial charge in [0.2, 0.25) is 5.91 Å². The summed E-state index contributed by atoms with van der Waals surface area (Å²) in [6.07, 6.45) is 11.5. The molecule has 0 radical (unpaired) electrons. The molecule has 4 rings (SSSR count). The first kappa shape index (κ1) is 36.5. The van der Waals surface area contributed by atoms with Gasteiger partial charge in [-0.2, -0.15) is 0 Å². The SMILES string of the molecule is C=CC(=O)Nc1cc(NC(C)=N/C=C2/CN(c3cscn3)C(=O)N(C)/C2=C\CCC)c(C)cc1N(C)CCN(C)C.CC1CCC1. The lowest BCUT2D eigenvalue weighted by atomic mass is 9.88. The second-order valence-electron chi connectivity index (χ2n) is 12.3. The number of anilines is 4. The van der Waals surface area contributed by atoms with Gasteiger partial charge in [-0.25, -0.2) is 14.8 Å². The predicted molar refractivity (Wildman–Crippen MR) is 195 cm³/mol. The summed E-state index contributed by atoms with van der Waals surface area (Å²) in [5.74, 6) is 2.09. The number of carbonyl (C=O) groups is 2. The first-order valence-electron chi connectivity index (χ1n) is 16.0. The van der Waals surface area contributed by atoms with Crippen LogP contribution in [-0.2, 0) is 4.79 Å². The third kappa shape index (κ3) is 10.3. The fourth-order valence-electron chi connectivity index (χ4n) is 4.90. The second kappa shape index (κ2) is 17.7. The molecule has 10 nitrogen and oxygen atoms in total. The van der Waals surface area contributed by atoms with E-state index < -0.39 is 0 Å². The van der Waals surface area contributed by atoms with Crippen LogP contribution in [0.15, 0.2) is 64.2 Å². The molecule has 1 aromatic heterocycles. The molecular formula is C35H52N8O2S. The van der Waals surface area contributed by atoms with Gasteiger partial charge in [0, 0.05) is 55.7 Å². The van der Waals surface area contributed by atoms with E-state index in [1.54, 1.807) is 22.4 Å². The summed E-state index contributed by atoms with van der Waals surface area (Å²) in [6, 6.07) is 3.87. The number of benzene rings is 1. The van der Waals surface area contributed by atoms with Crippen LogP contribution in [0, 0.1) is 12.8 Å². The molecule has 2 aromatic rings. The number of thiazole rings is 1. The van der Waals surface area contributed by atoms with Gasteiger partial charge in [-0.05, 0) is 64.1 Å². The standard InChI is InChI=1S/C30H42N8O2S.C5H10/c1-9-11-12-26-23(18-38(30(40)37(26)8)28-19-41-20-32-28)17-31-22(4)33-24-16-25(34-29(39)10-2)27(15-21(24)3)36(7)14-13-35(5)6;1-5-3-2-4-5/h10,12,15-17,19-20H,2,9,11,13-14,18H2,1,3-8H3,(H,31,33)(H,34,39);5H,2-4H2,1H3/b23-17-,26-12-;. The highest BCUT2D eigenvalue weighted by Crippen LogP contribution is 2.32. The summed E-state index contributed by atoms with van der Waals surface area (Å²) < 4.78 is 0. The van der Waals surface area contributed by atoms with Gasteiger partial charge < -0.3 is 20.4 Å². The number of amidine groups is 1. The van der Waals surface area contributed by atoms with Gasteiger partial charge in [-0.15, -0.1) is 11.3 Å². The summed E-state index contributed by atoms with van der Waals surface area (Å²) in [5, 5.41) is 8.21. The Labute approximate surface area is 279 Å². The molecule has 0 spiro atoms. The minimum absolute atomic E-state index is 0.116. The van der Waals surface area contributed by atoms with Crippen LogP contribution in [0.2, 0.25) is 0 Å². The van der Waals surface area contributed by atoms with Crippen molar-refractivity contribution in [2.24, 2.45) is 10.9 Å². The molecule has 1 aliphatic carbocycles. The van der Waals surface area contributed by atoms with Crippen molar-refractivity contribution in [1.29, 1.82) is 0 Å². The van der Waals surface area contributed by atoms with Gasteiger partial charge in [0.25, 0.3) is 0 Å². The number of nitrogens with one attached hydrogen (secondary N) is 2. The molecule has 46 heavy (non-hydrogen) atoms. The normalized spacial score (nSPS) is 17.2. The number of allylic oxidation sites excluding steroid dienone is 1. The number of nitrogens with zero attached hydrogens (tertiary/aromatic N) is 6. The van der Waals surface area contributed by atoms with Crippen molar-refractivity contribution in [2.45, 2.75) is 59.8 Å². The lowest BCUT2D eigenvalue weighted by Gasteiger charge is -2.35. The van der Waals surface area contributed by atoms with E-state index in [9.17, 15) is 9.59 Å². The molecule has 2 aliphatic rings. The molecule has 1 saturated heterocycles. The van der Waals surface area contributed by atoms with Crippen LogP contribution >= 0.6 is 11.3 Å². The number of rotatable bonds is 11. The Kier molecular flexibility index (Phi) is 14.0. The Morgan fingerprint density at radius 1 is 1.20 bits per heavy atom. The van der Waals surface area contributed by atoms with Crippen molar-refractivity contribution in [3.63, 3.8) is 0 Å². The summed E-state index contributed by atoms with van der Waals surface area (Å²) in [4.78, 5) is 42.0. The van der Waals surface area contributed by atoms with E-state index in [-0.39, 0.29) is 11.9 Å². The number of aryl methyl sites for hydroxylation is 1. The largest absolute Gasteiger partial charge is 0.372 e. The Morgan fingerprint density at radius 3 is 2.48 bits per heavy atom. The smallest absolute Gasteiger partial charge is 0.330 e. The lowest BCUT2D eigenvalue weighted by Crippen LogP contribution is -2.47. The number of aliphatic imine (C=N–C) groups is 1.